The first-order chi connectivity index (χ1) is 12.7. The maximum atomic E-state index is 12.5. The normalized spacial score (nSPS) is 19.8. The minimum absolute atomic E-state index is 0.0764. The molecule has 0 bridgehead atoms. The number of hydrogen-bond acceptors (Lipinski definition) is 6. The molecule has 140 valence electrons. The number of hydrogen-bond donors (Lipinski definition) is 1. The van der Waals surface area contributed by atoms with Crippen LogP contribution in [0.3, 0.4) is 0 Å². The predicted octanol–water partition coefficient (Wildman–Crippen LogP) is 2.60. The van der Waals surface area contributed by atoms with Crippen molar-refractivity contribution >= 4 is 40.9 Å². The van der Waals surface area contributed by atoms with Crippen molar-refractivity contribution in [1.82, 2.24) is 14.9 Å². The third-order valence-electron chi connectivity index (χ3n) is 4.39. The van der Waals surface area contributed by atoms with E-state index >= 15 is 0 Å². The van der Waals surface area contributed by atoms with Crippen molar-refractivity contribution < 1.29 is 9.59 Å². The molecule has 0 saturated carbocycles. The fourth-order valence-corrected chi connectivity index (χ4v) is 3.31. The molecular formula is C18H17Cl2N5O2. The molecule has 9 heteroatoms. The molecule has 1 amide bonds. The third kappa shape index (κ3) is 3.94. The quantitative estimate of drug-likeness (QED) is 0.787. The standard InChI is InChI=1S/C18H17Cl2N5O2/c1-18(8-15(27)25(2)17(21)24-18)14-6-10(3-4-22-14)5-13(26)16-12(20)7-11(19)9-23-16/h3-4,6-7,9H,5,8H2,1-2H3,(H2,21,24). The Morgan fingerprint density at radius 3 is 2.74 bits per heavy atom. The Labute approximate surface area is 166 Å². The van der Waals surface area contributed by atoms with Crippen LogP contribution < -0.4 is 5.73 Å². The van der Waals surface area contributed by atoms with Crippen molar-refractivity contribution in [1.29, 1.82) is 0 Å². The van der Waals surface area contributed by atoms with Gasteiger partial charge in [-0.15, -0.1) is 0 Å². The maximum absolute atomic E-state index is 12.5. The zero-order valence-electron chi connectivity index (χ0n) is 14.7. The number of carbonyl (C=O) groups is 2. The SMILES string of the molecule is CN1C(=O)CC(C)(c2cc(CC(=O)c3ncc(Cl)cc3Cl)ccn2)N=C1N. The third-order valence-corrected chi connectivity index (χ3v) is 4.88. The highest BCUT2D eigenvalue weighted by atomic mass is 35.5. The van der Waals surface area contributed by atoms with Crippen LogP contribution in [0.25, 0.3) is 0 Å². The molecule has 7 nitrogen and oxygen atoms in total. The Kier molecular flexibility index (Phi) is 5.17. The molecule has 27 heavy (non-hydrogen) atoms. The molecule has 0 aromatic carbocycles. The average molecular weight is 406 g/mol. The highest BCUT2D eigenvalue weighted by molar-refractivity contribution is 6.36. The summed E-state index contributed by atoms with van der Waals surface area (Å²) < 4.78 is 0. The summed E-state index contributed by atoms with van der Waals surface area (Å²) >= 11 is 11.9. The highest BCUT2D eigenvalue weighted by Gasteiger charge is 2.37. The zero-order valence-corrected chi connectivity index (χ0v) is 16.3. The molecule has 3 heterocycles. The van der Waals surface area contributed by atoms with E-state index in [9.17, 15) is 9.59 Å². The summed E-state index contributed by atoms with van der Waals surface area (Å²) in [5, 5.41) is 0.560. The van der Waals surface area contributed by atoms with Crippen molar-refractivity contribution in [3.8, 4) is 0 Å². The second kappa shape index (κ2) is 7.25. The number of carbonyl (C=O) groups excluding carboxylic acids is 2. The van der Waals surface area contributed by atoms with Crippen molar-refractivity contribution in [3.63, 3.8) is 0 Å². The molecule has 0 fully saturated rings. The minimum Gasteiger partial charge on any atom is -0.369 e. The summed E-state index contributed by atoms with van der Waals surface area (Å²) in [5.74, 6) is -0.263. The molecule has 3 rings (SSSR count). The number of ketones is 1. The van der Waals surface area contributed by atoms with E-state index in [4.69, 9.17) is 28.9 Å². The topological polar surface area (TPSA) is 102 Å². The molecule has 1 atom stereocenters. The zero-order chi connectivity index (χ0) is 19.8. The number of guanidine groups is 1. The van der Waals surface area contributed by atoms with Crippen molar-refractivity contribution in [2.24, 2.45) is 10.7 Å². The van der Waals surface area contributed by atoms with Gasteiger partial charge < -0.3 is 5.73 Å². The Hall–Kier alpha value is -2.51. The summed E-state index contributed by atoms with van der Waals surface area (Å²) in [4.78, 5) is 38.8. The number of aromatic nitrogens is 2. The smallest absolute Gasteiger partial charge is 0.231 e. The molecule has 1 aliphatic heterocycles. The molecule has 0 radical (unpaired) electrons. The monoisotopic (exact) mass is 405 g/mol. The number of pyridine rings is 2. The Morgan fingerprint density at radius 2 is 2.07 bits per heavy atom. The van der Waals surface area contributed by atoms with Crippen molar-refractivity contribution in [2.75, 3.05) is 7.05 Å². The number of Topliss-reactive ketones (excluding diaryl/α,β-unsaturated/α-hetero) is 1. The molecule has 2 N–H and O–H groups in total. The van der Waals surface area contributed by atoms with Crippen LogP contribution in [0.15, 0.2) is 35.6 Å². The Bertz CT molecular complexity index is 963. The molecular weight excluding hydrogens is 389 g/mol. The van der Waals surface area contributed by atoms with Crippen molar-refractivity contribution in [2.45, 2.75) is 25.3 Å². The summed E-state index contributed by atoms with van der Waals surface area (Å²) in [6, 6.07) is 4.94. The fraction of sp³-hybridized carbons (Fsp3) is 0.278. The molecule has 0 saturated heterocycles. The van der Waals surface area contributed by atoms with E-state index in [1.54, 1.807) is 32.3 Å². The highest BCUT2D eigenvalue weighted by Crippen LogP contribution is 2.32. The summed E-state index contributed by atoms with van der Waals surface area (Å²) in [6.45, 7) is 1.79. The lowest BCUT2D eigenvalue weighted by Gasteiger charge is -2.32. The van der Waals surface area contributed by atoms with Gasteiger partial charge in [0.05, 0.1) is 22.2 Å². The summed E-state index contributed by atoms with van der Waals surface area (Å²) in [6.07, 6.45) is 3.17. The van der Waals surface area contributed by atoms with Gasteiger partial charge in [0.1, 0.15) is 11.2 Å². The van der Waals surface area contributed by atoms with Gasteiger partial charge in [-0.25, -0.2) is 9.98 Å². The van der Waals surface area contributed by atoms with Gasteiger partial charge in [-0.1, -0.05) is 23.2 Å². The number of nitrogens with two attached hydrogens (primary N) is 1. The Balaban J connectivity index is 1.88. The first-order valence-corrected chi connectivity index (χ1v) is 8.87. The van der Waals surface area contributed by atoms with E-state index in [0.717, 1.165) is 0 Å². The summed E-state index contributed by atoms with van der Waals surface area (Å²) in [7, 11) is 1.58. The average Bonchev–Trinajstić information content (AvgIpc) is 2.59. The number of amides is 1. The van der Waals surface area contributed by atoms with Gasteiger partial charge in [-0.05, 0) is 30.7 Å². The van der Waals surface area contributed by atoms with E-state index in [-0.39, 0.29) is 41.2 Å². The second-order valence-electron chi connectivity index (χ2n) is 6.51. The number of nitrogens with zero attached hydrogens (tertiary/aromatic N) is 4. The van der Waals surface area contributed by atoms with Crippen LogP contribution in [0.1, 0.15) is 35.1 Å². The van der Waals surface area contributed by atoms with Gasteiger partial charge in [-0.3, -0.25) is 19.5 Å². The Morgan fingerprint density at radius 1 is 1.33 bits per heavy atom. The van der Waals surface area contributed by atoms with Crippen LogP contribution in [-0.2, 0) is 16.8 Å². The lowest BCUT2D eigenvalue weighted by Crippen LogP contribution is -2.47. The van der Waals surface area contributed by atoms with Gasteiger partial charge in [0.15, 0.2) is 11.7 Å². The van der Waals surface area contributed by atoms with Gasteiger partial charge in [0.2, 0.25) is 5.91 Å². The lowest BCUT2D eigenvalue weighted by molar-refractivity contribution is -0.128. The van der Waals surface area contributed by atoms with E-state index in [1.807, 2.05) is 0 Å². The number of aliphatic imine (C=N–C) groups is 1. The van der Waals surface area contributed by atoms with E-state index in [1.165, 1.54) is 17.2 Å². The first-order valence-electron chi connectivity index (χ1n) is 8.11. The number of halogens is 2. The fourth-order valence-electron chi connectivity index (χ4n) is 2.82. The van der Waals surface area contributed by atoms with Crippen LogP contribution >= 0.6 is 23.2 Å². The van der Waals surface area contributed by atoms with Crippen LogP contribution in [0, 0.1) is 0 Å². The molecule has 1 aliphatic rings. The molecule has 2 aromatic rings. The molecule has 1 unspecified atom stereocenters. The van der Waals surface area contributed by atoms with Gasteiger partial charge in [-0.2, -0.15) is 0 Å². The number of rotatable bonds is 4. The second-order valence-corrected chi connectivity index (χ2v) is 7.35. The van der Waals surface area contributed by atoms with E-state index in [0.29, 0.717) is 16.3 Å². The first kappa shape index (κ1) is 19.3. The van der Waals surface area contributed by atoms with Crippen LogP contribution in [-0.4, -0.2) is 39.6 Å². The van der Waals surface area contributed by atoms with Gasteiger partial charge >= 0.3 is 0 Å². The van der Waals surface area contributed by atoms with Gasteiger partial charge in [0.25, 0.3) is 0 Å². The minimum atomic E-state index is -0.886. The van der Waals surface area contributed by atoms with Gasteiger partial charge in [0, 0.05) is 25.9 Å². The van der Waals surface area contributed by atoms with E-state index < -0.39 is 5.54 Å². The van der Waals surface area contributed by atoms with Crippen LogP contribution in [0.4, 0.5) is 0 Å². The maximum Gasteiger partial charge on any atom is 0.231 e. The van der Waals surface area contributed by atoms with Crippen molar-refractivity contribution in [3.05, 3.63) is 57.6 Å². The van der Waals surface area contributed by atoms with E-state index in [2.05, 4.69) is 15.0 Å². The molecule has 0 aliphatic carbocycles. The van der Waals surface area contributed by atoms with Crippen LogP contribution in [0.2, 0.25) is 10.0 Å². The summed E-state index contributed by atoms with van der Waals surface area (Å²) in [5.41, 5.74) is 6.38. The molecule has 2 aromatic heterocycles. The largest absolute Gasteiger partial charge is 0.369 e. The lowest BCUT2D eigenvalue weighted by atomic mass is 9.90. The molecule has 0 spiro atoms. The van der Waals surface area contributed by atoms with Crippen LogP contribution in [0.5, 0.6) is 0 Å². The predicted molar refractivity (Wildman–Crippen MR) is 103 cm³/mol.